The smallest absolute Gasteiger partial charge is 0.316 e. The van der Waals surface area contributed by atoms with Gasteiger partial charge in [0.15, 0.2) is 5.82 Å². The number of piperidine rings is 1. The minimum atomic E-state index is -0.541. The van der Waals surface area contributed by atoms with Crippen LogP contribution in [-0.2, 0) is 11.2 Å². The van der Waals surface area contributed by atoms with Crippen LogP contribution in [0.3, 0.4) is 0 Å². The van der Waals surface area contributed by atoms with Gasteiger partial charge >= 0.3 is 6.01 Å². The van der Waals surface area contributed by atoms with Crippen LogP contribution in [0.25, 0.3) is 0 Å². The van der Waals surface area contributed by atoms with Crippen LogP contribution in [0.1, 0.15) is 18.4 Å². The maximum absolute atomic E-state index is 12.8. The third kappa shape index (κ3) is 4.50. The third-order valence-electron chi connectivity index (χ3n) is 4.10. The molecule has 136 valence electrons. The normalized spacial score (nSPS) is 17.0. The van der Waals surface area contributed by atoms with Crippen molar-refractivity contribution >= 4 is 11.6 Å². The van der Waals surface area contributed by atoms with Crippen LogP contribution in [0.5, 0.6) is 6.01 Å². The molecule has 0 aliphatic carbocycles. The number of likely N-dealkylation sites (tertiary alicyclic amines) is 1. The minimum Gasteiger partial charge on any atom is -0.458 e. The third-order valence-corrected chi connectivity index (χ3v) is 4.10. The number of carbonyl (C=O) groups is 1. The van der Waals surface area contributed by atoms with Crippen molar-refractivity contribution in [2.75, 3.05) is 13.1 Å². The second kappa shape index (κ2) is 7.85. The lowest BCUT2D eigenvalue weighted by molar-refractivity contribution is -0.384. The van der Waals surface area contributed by atoms with Crippen LogP contribution in [-0.4, -0.2) is 44.9 Å². The van der Waals surface area contributed by atoms with Gasteiger partial charge in [-0.3, -0.25) is 14.9 Å². The Morgan fingerprint density at radius 2 is 2.00 bits per heavy atom. The van der Waals surface area contributed by atoms with Crippen LogP contribution in [0.15, 0.2) is 36.7 Å². The summed E-state index contributed by atoms with van der Waals surface area (Å²) >= 11 is 0. The molecule has 2 heterocycles. The number of aromatic nitrogens is 2. The number of halogens is 1. The topological polar surface area (TPSA) is 98.5 Å². The first-order valence-corrected chi connectivity index (χ1v) is 8.16. The van der Waals surface area contributed by atoms with Crippen molar-refractivity contribution in [1.82, 2.24) is 14.9 Å². The number of amides is 1. The highest BCUT2D eigenvalue weighted by atomic mass is 19.1. The second-order valence-corrected chi connectivity index (χ2v) is 6.01. The van der Waals surface area contributed by atoms with Crippen LogP contribution in [0, 0.1) is 15.9 Å². The number of nitro benzene ring substituents is 1. The molecule has 0 N–H and O–H groups in total. The predicted molar refractivity (Wildman–Crippen MR) is 89.0 cm³/mol. The van der Waals surface area contributed by atoms with Gasteiger partial charge in [0, 0.05) is 18.7 Å². The Kier molecular flexibility index (Phi) is 5.35. The number of rotatable bonds is 5. The van der Waals surface area contributed by atoms with E-state index in [2.05, 4.69) is 9.97 Å². The maximum Gasteiger partial charge on any atom is 0.316 e. The SMILES string of the molecule is O=C(Cc1ccc([N+](=O)[O-])cc1)N1CCCC(Oc2ncc(F)cn2)C1. The fourth-order valence-corrected chi connectivity index (χ4v) is 2.79. The molecule has 0 radical (unpaired) electrons. The molecule has 1 aliphatic rings. The fourth-order valence-electron chi connectivity index (χ4n) is 2.79. The molecule has 1 aliphatic heterocycles. The van der Waals surface area contributed by atoms with Gasteiger partial charge in [0.25, 0.3) is 5.69 Å². The molecule has 1 unspecified atom stereocenters. The van der Waals surface area contributed by atoms with Crippen LogP contribution in [0.2, 0.25) is 0 Å². The second-order valence-electron chi connectivity index (χ2n) is 6.01. The Morgan fingerprint density at radius 3 is 2.65 bits per heavy atom. The number of hydrogen-bond acceptors (Lipinski definition) is 6. The van der Waals surface area contributed by atoms with Gasteiger partial charge in [-0.25, -0.2) is 14.4 Å². The van der Waals surface area contributed by atoms with Crippen molar-refractivity contribution in [2.24, 2.45) is 0 Å². The van der Waals surface area contributed by atoms with E-state index >= 15 is 0 Å². The van der Waals surface area contributed by atoms with Crippen molar-refractivity contribution in [3.05, 3.63) is 58.2 Å². The fraction of sp³-hybridized carbons (Fsp3) is 0.353. The summed E-state index contributed by atoms with van der Waals surface area (Å²) < 4.78 is 18.5. The van der Waals surface area contributed by atoms with Gasteiger partial charge < -0.3 is 9.64 Å². The number of carbonyl (C=O) groups excluding carboxylic acids is 1. The molecule has 1 aromatic carbocycles. The quantitative estimate of drug-likeness (QED) is 0.598. The first kappa shape index (κ1) is 17.7. The van der Waals surface area contributed by atoms with E-state index in [1.165, 1.54) is 12.1 Å². The number of hydrogen-bond donors (Lipinski definition) is 0. The van der Waals surface area contributed by atoms with Crippen LogP contribution in [0.4, 0.5) is 10.1 Å². The molecular formula is C17H17FN4O4. The first-order valence-electron chi connectivity index (χ1n) is 8.16. The summed E-state index contributed by atoms with van der Waals surface area (Å²) in [6.07, 6.45) is 3.50. The number of ether oxygens (including phenoxy) is 1. The molecule has 26 heavy (non-hydrogen) atoms. The Hall–Kier alpha value is -3.10. The average Bonchev–Trinajstić information content (AvgIpc) is 2.64. The summed E-state index contributed by atoms with van der Waals surface area (Å²) in [5, 5.41) is 10.7. The largest absolute Gasteiger partial charge is 0.458 e. The zero-order valence-electron chi connectivity index (χ0n) is 13.9. The molecule has 8 nitrogen and oxygen atoms in total. The number of nitro groups is 1. The van der Waals surface area contributed by atoms with Gasteiger partial charge in [-0.1, -0.05) is 12.1 Å². The lowest BCUT2D eigenvalue weighted by Gasteiger charge is -2.32. The van der Waals surface area contributed by atoms with E-state index in [1.807, 2.05) is 0 Å². The lowest BCUT2D eigenvalue weighted by atomic mass is 10.1. The Morgan fingerprint density at radius 1 is 1.31 bits per heavy atom. The minimum absolute atomic E-state index is 0.00747. The molecule has 1 atom stereocenters. The molecule has 3 rings (SSSR count). The van der Waals surface area contributed by atoms with Gasteiger partial charge in [0.1, 0.15) is 6.10 Å². The summed E-state index contributed by atoms with van der Waals surface area (Å²) in [4.78, 5) is 31.9. The number of nitrogens with zero attached hydrogens (tertiary/aromatic N) is 4. The van der Waals surface area contributed by atoms with Gasteiger partial charge in [0.2, 0.25) is 5.91 Å². The van der Waals surface area contributed by atoms with E-state index in [4.69, 9.17) is 4.74 Å². The molecule has 2 aromatic rings. The van der Waals surface area contributed by atoms with Gasteiger partial charge in [0.05, 0.1) is 30.3 Å². The summed E-state index contributed by atoms with van der Waals surface area (Å²) in [6, 6.07) is 6.02. The van der Waals surface area contributed by atoms with Crippen LogP contribution >= 0.6 is 0 Å². The van der Waals surface area contributed by atoms with Gasteiger partial charge in [-0.2, -0.15) is 0 Å². The average molecular weight is 360 g/mol. The van der Waals surface area contributed by atoms with E-state index in [1.54, 1.807) is 17.0 Å². The van der Waals surface area contributed by atoms with Crippen molar-refractivity contribution in [1.29, 1.82) is 0 Å². The summed E-state index contributed by atoms with van der Waals surface area (Å²) in [5.41, 5.74) is 0.706. The highest BCUT2D eigenvalue weighted by Gasteiger charge is 2.25. The number of benzene rings is 1. The Balaban J connectivity index is 1.57. The number of non-ortho nitro benzene ring substituents is 1. The van der Waals surface area contributed by atoms with E-state index in [0.717, 1.165) is 25.2 Å². The van der Waals surface area contributed by atoms with Crippen molar-refractivity contribution in [3.8, 4) is 6.01 Å². The molecule has 1 fully saturated rings. The van der Waals surface area contributed by atoms with Crippen LogP contribution < -0.4 is 4.74 Å². The van der Waals surface area contributed by atoms with E-state index in [0.29, 0.717) is 18.7 Å². The standard InChI is InChI=1S/C17H17FN4O4/c18-13-9-19-17(20-10-13)26-15-2-1-7-21(11-15)16(23)8-12-3-5-14(6-4-12)22(24)25/h3-6,9-10,15H,1-2,7-8,11H2. The molecule has 1 aromatic heterocycles. The zero-order valence-corrected chi connectivity index (χ0v) is 13.9. The van der Waals surface area contributed by atoms with Gasteiger partial charge in [-0.05, 0) is 18.4 Å². The first-order chi connectivity index (χ1) is 12.5. The van der Waals surface area contributed by atoms with Crippen molar-refractivity contribution in [2.45, 2.75) is 25.4 Å². The Labute approximate surface area is 148 Å². The molecule has 0 spiro atoms. The highest BCUT2D eigenvalue weighted by Crippen LogP contribution is 2.17. The molecule has 9 heteroatoms. The van der Waals surface area contributed by atoms with E-state index in [9.17, 15) is 19.3 Å². The highest BCUT2D eigenvalue weighted by molar-refractivity contribution is 5.79. The van der Waals surface area contributed by atoms with Crippen molar-refractivity contribution in [3.63, 3.8) is 0 Å². The lowest BCUT2D eigenvalue weighted by Crippen LogP contribution is -2.45. The summed E-state index contributed by atoms with van der Waals surface area (Å²) in [5.74, 6) is -0.618. The molecule has 0 bridgehead atoms. The predicted octanol–water partition coefficient (Wildman–Crippen LogP) is 2.14. The van der Waals surface area contributed by atoms with Crippen molar-refractivity contribution < 1.29 is 18.8 Å². The maximum atomic E-state index is 12.8. The molecule has 1 saturated heterocycles. The molecule has 0 saturated carbocycles. The van der Waals surface area contributed by atoms with E-state index in [-0.39, 0.29) is 30.1 Å². The summed E-state index contributed by atoms with van der Waals surface area (Å²) in [7, 11) is 0. The van der Waals surface area contributed by atoms with Gasteiger partial charge in [-0.15, -0.1) is 0 Å². The zero-order chi connectivity index (χ0) is 18.5. The van der Waals surface area contributed by atoms with E-state index < -0.39 is 10.7 Å². The Bertz CT molecular complexity index is 782. The molecule has 1 amide bonds. The monoisotopic (exact) mass is 360 g/mol. The molecular weight excluding hydrogens is 343 g/mol. The summed E-state index contributed by atoms with van der Waals surface area (Å²) in [6.45, 7) is 1.02.